The fraction of sp³-hybridized carbons (Fsp3) is 0.600. The van der Waals surface area contributed by atoms with E-state index in [0.717, 1.165) is 74.7 Å². The van der Waals surface area contributed by atoms with Gasteiger partial charge in [-0.1, -0.05) is 83.7 Å². The van der Waals surface area contributed by atoms with Gasteiger partial charge in [0.05, 0.1) is 9.85 Å². The molecule has 0 radical (unpaired) electrons. The van der Waals surface area contributed by atoms with Crippen molar-refractivity contribution in [3.63, 3.8) is 0 Å². The number of rotatable bonds is 27. The van der Waals surface area contributed by atoms with E-state index in [9.17, 15) is 20.2 Å². The van der Waals surface area contributed by atoms with Gasteiger partial charge in [0.2, 0.25) is 0 Å². The van der Waals surface area contributed by atoms with E-state index in [4.69, 9.17) is 0 Å². The molecule has 0 aliphatic carbocycles. The van der Waals surface area contributed by atoms with Gasteiger partial charge in [-0.15, -0.1) is 0 Å². The first kappa shape index (κ1) is 36.0. The van der Waals surface area contributed by atoms with Crippen LogP contribution >= 0.6 is 21.6 Å². The third-order valence-corrected chi connectivity index (χ3v) is 9.14. The second kappa shape index (κ2) is 24.2. The van der Waals surface area contributed by atoms with Gasteiger partial charge < -0.3 is 21.3 Å². The van der Waals surface area contributed by atoms with Crippen LogP contribution in [0, 0.1) is 20.2 Å². The molecular weight excluding hydrogens is 573 g/mol. The summed E-state index contributed by atoms with van der Waals surface area (Å²) in [6.07, 6.45) is 9.28. The van der Waals surface area contributed by atoms with E-state index in [1.807, 2.05) is 45.9 Å². The Morgan fingerprint density at radius 1 is 0.500 bits per heavy atom. The second-order valence-electron chi connectivity index (χ2n) is 10.1. The van der Waals surface area contributed by atoms with Gasteiger partial charge in [0.15, 0.2) is 0 Å². The molecule has 10 nitrogen and oxygen atoms in total. The number of unbranched alkanes of at least 4 members (excludes halogenated alkanes) is 6. The van der Waals surface area contributed by atoms with Crippen molar-refractivity contribution in [2.45, 2.75) is 64.5 Å². The maximum absolute atomic E-state index is 11.0. The van der Waals surface area contributed by atoms with Crippen LogP contribution in [0.15, 0.2) is 48.5 Å². The molecule has 12 heteroatoms. The number of nitro groups is 2. The smallest absolute Gasteiger partial charge is 0.273 e. The van der Waals surface area contributed by atoms with Crippen LogP contribution in [0.25, 0.3) is 0 Å². The summed E-state index contributed by atoms with van der Waals surface area (Å²) < 4.78 is 0. The molecule has 0 fully saturated rings. The van der Waals surface area contributed by atoms with Crippen molar-refractivity contribution in [3.8, 4) is 0 Å². The average molecular weight is 621 g/mol. The van der Waals surface area contributed by atoms with Crippen LogP contribution in [-0.4, -0.2) is 60.6 Å². The van der Waals surface area contributed by atoms with Crippen molar-refractivity contribution in [2.75, 3.05) is 50.8 Å². The highest BCUT2D eigenvalue weighted by Crippen LogP contribution is 2.20. The summed E-state index contributed by atoms with van der Waals surface area (Å²) in [4.78, 5) is 21.5. The molecule has 0 atom stereocenters. The van der Waals surface area contributed by atoms with E-state index in [1.165, 1.54) is 38.5 Å². The maximum Gasteiger partial charge on any atom is 0.273 e. The Kier molecular flexibility index (Phi) is 20.8. The quantitative estimate of drug-likeness (QED) is 0.0404. The number of hydrogen-bond acceptors (Lipinski definition) is 10. The number of nitrogens with one attached hydrogen (secondary N) is 4. The molecule has 0 aliphatic rings. The summed E-state index contributed by atoms with van der Waals surface area (Å²) in [7, 11) is 3.86. The lowest BCUT2D eigenvalue weighted by molar-refractivity contribution is -0.385. The maximum atomic E-state index is 11.0. The first-order chi connectivity index (χ1) is 20.6. The Hall–Kier alpha value is -2.22. The minimum atomic E-state index is -0.319. The third-order valence-electron chi connectivity index (χ3n) is 6.73. The highest BCUT2D eigenvalue weighted by Gasteiger charge is 2.12. The molecule has 234 valence electrons. The van der Waals surface area contributed by atoms with Gasteiger partial charge in [-0.25, -0.2) is 0 Å². The van der Waals surface area contributed by atoms with Crippen LogP contribution in [0.1, 0.15) is 62.5 Å². The van der Waals surface area contributed by atoms with Gasteiger partial charge >= 0.3 is 0 Å². The Labute approximate surface area is 258 Å². The van der Waals surface area contributed by atoms with Crippen molar-refractivity contribution in [1.29, 1.82) is 0 Å². The van der Waals surface area contributed by atoms with Crippen molar-refractivity contribution < 1.29 is 9.85 Å². The van der Waals surface area contributed by atoms with E-state index in [0.29, 0.717) is 13.1 Å². The van der Waals surface area contributed by atoms with Crippen molar-refractivity contribution >= 4 is 33.0 Å². The van der Waals surface area contributed by atoms with Crippen molar-refractivity contribution in [1.82, 2.24) is 21.3 Å². The molecule has 0 unspecified atom stereocenters. The molecule has 0 bridgehead atoms. The first-order valence-electron chi connectivity index (χ1n) is 15.1. The van der Waals surface area contributed by atoms with E-state index in [-0.39, 0.29) is 21.2 Å². The topological polar surface area (TPSA) is 134 Å². The van der Waals surface area contributed by atoms with Crippen LogP contribution in [0.4, 0.5) is 11.4 Å². The fourth-order valence-electron chi connectivity index (χ4n) is 4.43. The van der Waals surface area contributed by atoms with E-state index < -0.39 is 0 Å². The van der Waals surface area contributed by atoms with Crippen LogP contribution in [-0.2, 0) is 13.1 Å². The monoisotopic (exact) mass is 620 g/mol. The lowest BCUT2D eigenvalue weighted by Crippen LogP contribution is -2.19. The Morgan fingerprint density at radius 2 is 0.857 bits per heavy atom. The van der Waals surface area contributed by atoms with Crippen LogP contribution in [0.3, 0.4) is 0 Å². The zero-order valence-electron chi connectivity index (χ0n) is 24.7. The molecule has 4 N–H and O–H groups in total. The van der Waals surface area contributed by atoms with E-state index in [2.05, 4.69) is 21.3 Å². The molecule has 0 spiro atoms. The number of nitro benzene ring substituents is 2. The van der Waals surface area contributed by atoms with Crippen LogP contribution in [0.5, 0.6) is 0 Å². The van der Waals surface area contributed by atoms with Gasteiger partial charge in [0.1, 0.15) is 0 Å². The average Bonchev–Trinajstić information content (AvgIpc) is 2.99. The predicted octanol–water partition coefficient (Wildman–Crippen LogP) is 6.06. The van der Waals surface area contributed by atoms with Crippen molar-refractivity contribution in [2.24, 2.45) is 0 Å². The minimum Gasteiger partial charge on any atom is -0.316 e. The lowest BCUT2D eigenvalue weighted by Gasteiger charge is -2.07. The number of nitrogens with zero attached hydrogens (tertiary/aromatic N) is 2. The molecule has 0 saturated heterocycles. The largest absolute Gasteiger partial charge is 0.316 e. The summed E-state index contributed by atoms with van der Waals surface area (Å²) in [6.45, 7) is 7.04. The van der Waals surface area contributed by atoms with Crippen LogP contribution < -0.4 is 21.3 Å². The third kappa shape index (κ3) is 17.0. The highest BCUT2D eigenvalue weighted by atomic mass is 33.1. The van der Waals surface area contributed by atoms with Crippen LogP contribution in [0.2, 0.25) is 0 Å². The minimum absolute atomic E-state index is 0.187. The summed E-state index contributed by atoms with van der Waals surface area (Å²) >= 11 is 0. The second-order valence-corrected chi connectivity index (χ2v) is 12.8. The summed E-state index contributed by atoms with van der Waals surface area (Å²) in [5.41, 5.74) is 1.86. The van der Waals surface area contributed by atoms with E-state index >= 15 is 0 Å². The number of hydrogen-bond donors (Lipinski definition) is 4. The Balaban J connectivity index is 1.25. The molecular formula is C30H48N6O4S2. The zero-order chi connectivity index (χ0) is 30.1. The normalized spacial score (nSPS) is 11.1. The molecule has 2 aromatic rings. The summed E-state index contributed by atoms with van der Waals surface area (Å²) in [5.74, 6) is 2.23. The highest BCUT2D eigenvalue weighted by molar-refractivity contribution is 8.76. The number of benzene rings is 2. The molecule has 0 aliphatic heterocycles. The molecule has 42 heavy (non-hydrogen) atoms. The lowest BCUT2D eigenvalue weighted by atomic mass is 10.1. The van der Waals surface area contributed by atoms with Gasteiger partial charge in [-0.2, -0.15) is 0 Å². The van der Waals surface area contributed by atoms with Gasteiger partial charge in [0, 0.05) is 60.9 Å². The van der Waals surface area contributed by atoms with E-state index in [1.54, 1.807) is 24.3 Å². The number of para-hydroxylation sites is 2. The molecule has 2 rings (SSSR count). The Bertz CT molecular complexity index is 938. The predicted molar refractivity (Wildman–Crippen MR) is 177 cm³/mol. The molecule has 0 aromatic heterocycles. The van der Waals surface area contributed by atoms with Gasteiger partial charge in [0.25, 0.3) is 11.4 Å². The van der Waals surface area contributed by atoms with Gasteiger partial charge in [-0.05, 0) is 51.9 Å². The van der Waals surface area contributed by atoms with Crippen molar-refractivity contribution in [3.05, 3.63) is 79.9 Å². The molecule has 0 saturated carbocycles. The summed E-state index contributed by atoms with van der Waals surface area (Å²) in [6, 6.07) is 13.8. The fourth-order valence-corrected chi connectivity index (χ4v) is 6.32. The summed E-state index contributed by atoms with van der Waals surface area (Å²) in [5, 5.41) is 35.8. The van der Waals surface area contributed by atoms with Gasteiger partial charge in [-0.3, -0.25) is 20.2 Å². The molecule has 2 aromatic carbocycles. The molecule has 0 amide bonds. The molecule has 0 heterocycles. The first-order valence-corrected chi connectivity index (χ1v) is 17.6. The standard InChI is InChI=1S/C30H48N6O4S2/c37-35(38)29-15-7-5-13-27(29)25-33-19-11-3-1-9-17-31-21-23-41-42-24-22-32-18-10-2-4-12-20-34-26-28-14-6-8-16-30(28)36(39)40/h5-8,13-16,31-34H,1-4,9-12,17-26H2. The Morgan fingerprint density at radius 3 is 1.24 bits per heavy atom. The SMILES string of the molecule is O=[N+]([O-])c1ccccc1CNCCCCCCNCCSSCCNCCCCCCNCc1ccccc1[N+](=O)[O-]. The zero-order valence-corrected chi connectivity index (χ0v) is 26.3.